The van der Waals surface area contributed by atoms with Crippen LogP contribution in [-0.4, -0.2) is 50.4 Å². The van der Waals surface area contributed by atoms with Gasteiger partial charge in [-0.2, -0.15) is 0 Å². The molecule has 5 rings (SSSR count). The number of rotatable bonds is 7. The second-order valence-electron chi connectivity index (χ2n) is 9.33. The van der Waals surface area contributed by atoms with Crippen LogP contribution in [0.15, 0.2) is 53.4 Å². The zero-order valence-electron chi connectivity index (χ0n) is 18.9. The van der Waals surface area contributed by atoms with E-state index in [0.29, 0.717) is 17.9 Å². The molecular weight excluding hydrogens is 456 g/mol. The van der Waals surface area contributed by atoms with Gasteiger partial charge in [0.1, 0.15) is 18.0 Å². The van der Waals surface area contributed by atoms with Gasteiger partial charge in [-0.3, -0.25) is 9.52 Å². The van der Waals surface area contributed by atoms with Crippen molar-refractivity contribution in [3.05, 3.63) is 54.1 Å². The lowest BCUT2D eigenvalue weighted by atomic mass is 9.84. The predicted octanol–water partition coefficient (Wildman–Crippen LogP) is 2.93. The lowest BCUT2D eigenvalue weighted by molar-refractivity contribution is -0.142. The van der Waals surface area contributed by atoms with Gasteiger partial charge in [0.25, 0.3) is 10.0 Å². The van der Waals surface area contributed by atoms with Crippen LogP contribution in [0, 0.1) is 0 Å². The molecule has 9 heteroatoms. The number of benzene rings is 2. The van der Waals surface area contributed by atoms with Crippen LogP contribution in [-0.2, 0) is 19.6 Å². The third kappa shape index (κ3) is 4.78. The molecule has 0 aromatic heterocycles. The number of hydrogen-bond donors (Lipinski definition) is 3. The van der Waals surface area contributed by atoms with Crippen molar-refractivity contribution < 1.29 is 27.8 Å². The van der Waals surface area contributed by atoms with Crippen LogP contribution in [0.3, 0.4) is 0 Å². The van der Waals surface area contributed by atoms with Crippen molar-refractivity contribution in [2.24, 2.45) is 0 Å². The van der Waals surface area contributed by atoms with Gasteiger partial charge in [-0.05, 0) is 49.6 Å². The Labute approximate surface area is 199 Å². The van der Waals surface area contributed by atoms with Crippen molar-refractivity contribution in [3.8, 4) is 5.75 Å². The van der Waals surface area contributed by atoms with E-state index in [1.54, 1.807) is 48.5 Å². The van der Waals surface area contributed by atoms with Gasteiger partial charge >= 0.3 is 0 Å². The number of fused-ring (bicyclic) bond motifs is 3. The number of hydrogen-bond acceptors (Lipinski definition) is 6. The Hall–Kier alpha value is -2.62. The maximum atomic E-state index is 12.8. The molecule has 4 atom stereocenters. The highest BCUT2D eigenvalue weighted by Crippen LogP contribution is 2.47. The zero-order chi connectivity index (χ0) is 23.7. The van der Waals surface area contributed by atoms with Crippen LogP contribution in [0.25, 0.3) is 0 Å². The summed E-state index contributed by atoms with van der Waals surface area (Å²) < 4.78 is 40.3. The van der Waals surface area contributed by atoms with Crippen LogP contribution in [0.5, 0.6) is 5.75 Å². The molecule has 1 saturated heterocycles. The first-order chi connectivity index (χ1) is 16.4. The summed E-state index contributed by atoms with van der Waals surface area (Å²) in [5.41, 5.74) is 1.30. The fourth-order valence-electron chi connectivity index (χ4n) is 5.33. The van der Waals surface area contributed by atoms with Gasteiger partial charge in [-0.1, -0.05) is 31.0 Å². The van der Waals surface area contributed by atoms with Crippen molar-refractivity contribution in [1.82, 2.24) is 5.32 Å². The van der Waals surface area contributed by atoms with E-state index < -0.39 is 16.1 Å². The summed E-state index contributed by atoms with van der Waals surface area (Å²) in [6.45, 7) is -0.219. The molecule has 34 heavy (non-hydrogen) atoms. The summed E-state index contributed by atoms with van der Waals surface area (Å²) in [5, 5.41) is 13.0. The van der Waals surface area contributed by atoms with Gasteiger partial charge in [0.15, 0.2) is 0 Å². The van der Waals surface area contributed by atoms with Crippen molar-refractivity contribution in [2.45, 2.75) is 73.7 Å². The molecule has 3 aliphatic rings. The maximum absolute atomic E-state index is 12.8. The van der Waals surface area contributed by atoms with Crippen molar-refractivity contribution in [1.29, 1.82) is 0 Å². The molecule has 2 fully saturated rings. The number of carbonyl (C=O) groups excluding carboxylic acids is 1. The number of nitrogens with one attached hydrogen (secondary N) is 2. The molecule has 2 heterocycles. The number of aliphatic hydroxyl groups excluding tert-OH is 1. The van der Waals surface area contributed by atoms with Gasteiger partial charge in [0.05, 0.1) is 24.0 Å². The second kappa shape index (κ2) is 9.56. The molecule has 3 N–H and O–H groups in total. The molecule has 2 aliphatic heterocycles. The van der Waals surface area contributed by atoms with Gasteiger partial charge in [0, 0.05) is 23.2 Å². The van der Waals surface area contributed by atoms with Crippen molar-refractivity contribution in [2.75, 3.05) is 11.3 Å². The molecular formula is C25H30N2O6S. The number of sulfonamides is 1. The van der Waals surface area contributed by atoms with Gasteiger partial charge in [-0.15, -0.1) is 0 Å². The summed E-state index contributed by atoms with van der Waals surface area (Å²) >= 11 is 0. The van der Waals surface area contributed by atoms with Gasteiger partial charge < -0.3 is 19.9 Å². The minimum atomic E-state index is -3.72. The second-order valence-corrected chi connectivity index (χ2v) is 11.0. The average molecular weight is 487 g/mol. The van der Waals surface area contributed by atoms with E-state index in [-0.39, 0.29) is 48.0 Å². The molecule has 8 nitrogen and oxygen atoms in total. The van der Waals surface area contributed by atoms with E-state index in [1.165, 1.54) is 0 Å². The summed E-state index contributed by atoms with van der Waals surface area (Å²) in [6.07, 6.45) is 3.83. The lowest BCUT2D eigenvalue weighted by Gasteiger charge is -2.37. The van der Waals surface area contributed by atoms with Gasteiger partial charge in [-0.25, -0.2) is 8.42 Å². The number of ether oxygens (including phenoxy) is 2. The minimum Gasteiger partial charge on any atom is -0.487 e. The molecule has 1 amide bonds. The van der Waals surface area contributed by atoms with E-state index in [9.17, 15) is 18.3 Å². The lowest BCUT2D eigenvalue weighted by Crippen LogP contribution is -2.47. The number of aliphatic hydroxyl groups is 1. The van der Waals surface area contributed by atoms with Crippen LogP contribution < -0.4 is 14.8 Å². The highest BCUT2D eigenvalue weighted by Gasteiger charge is 2.46. The third-order valence-electron chi connectivity index (χ3n) is 6.94. The molecule has 0 unspecified atom stereocenters. The molecule has 0 spiro atoms. The van der Waals surface area contributed by atoms with Crippen LogP contribution in [0.2, 0.25) is 0 Å². The van der Waals surface area contributed by atoms with Gasteiger partial charge in [0.2, 0.25) is 5.91 Å². The summed E-state index contributed by atoms with van der Waals surface area (Å²) in [7, 11) is -3.72. The fourth-order valence-corrected chi connectivity index (χ4v) is 6.40. The monoisotopic (exact) mass is 486 g/mol. The van der Waals surface area contributed by atoms with E-state index in [0.717, 1.165) is 31.2 Å². The third-order valence-corrected chi connectivity index (χ3v) is 8.34. The first kappa shape index (κ1) is 23.1. The van der Waals surface area contributed by atoms with E-state index in [2.05, 4.69) is 10.0 Å². The molecule has 0 radical (unpaired) electrons. The Morgan fingerprint density at radius 3 is 2.59 bits per heavy atom. The standard InChI is InChI=1S/C25H30N2O6S/c28-15-23-25-21(13-18(32-23)14-24(29)26-16-6-4-5-7-16)20-12-17(10-11-22(20)33-25)27-34(30,31)19-8-2-1-3-9-19/h1-3,8-12,16,18,21,23,25,27-28H,4-7,13-15H2,(H,26,29)/t18-,21+,23+,25-/m0/s1. The summed E-state index contributed by atoms with van der Waals surface area (Å²) in [4.78, 5) is 12.8. The van der Waals surface area contributed by atoms with E-state index >= 15 is 0 Å². The topological polar surface area (TPSA) is 114 Å². The Balaban J connectivity index is 1.32. The SMILES string of the molecule is O=C(C[C@@H]1C[C@@H]2c3cc(NS(=O)(=O)c4ccccc4)ccc3O[C@@H]2[C@@H](CO)O1)NC1CCCC1. The molecule has 0 bridgehead atoms. The Bertz CT molecular complexity index is 1130. The normalized spacial score (nSPS) is 26.4. The first-order valence-electron chi connectivity index (χ1n) is 11.9. The Morgan fingerprint density at radius 1 is 1.09 bits per heavy atom. The van der Waals surface area contributed by atoms with E-state index in [4.69, 9.17) is 9.47 Å². The van der Waals surface area contributed by atoms with Crippen molar-refractivity contribution in [3.63, 3.8) is 0 Å². The highest BCUT2D eigenvalue weighted by molar-refractivity contribution is 7.92. The Morgan fingerprint density at radius 2 is 1.85 bits per heavy atom. The number of amides is 1. The first-order valence-corrected chi connectivity index (χ1v) is 13.4. The average Bonchev–Trinajstić information content (AvgIpc) is 3.46. The van der Waals surface area contributed by atoms with Crippen molar-refractivity contribution >= 4 is 21.6 Å². The number of anilines is 1. The molecule has 1 aliphatic carbocycles. The quantitative estimate of drug-likeness (QED) is 0.555. The molecule has 182 valence electrons. The molecule has 2 aromatic carbocycles. The minimum absolute atomic E-state index is 0.0319. The van der Waals surface area contributed by atoms with Crippen LogP contribution in [0.1, 0.15) is 50.0 Å². The summed E-state index contributed by atoms with van der Waals surface area (Å²) in [5.74, 6) is 0.512. The number of carbonyl (C=O) groups is 1. The fraction of sp³-hybridized carbons (Fsp3) is 0.480. The zero-order valence-corrected chi connectivity index (χ0v) is 19.7. The molecule has 2 aromatic rings. The van der Waals surface area contributed by atoms with E-state index in [1.807, 2.05) is 0 Å². The summed E-state index contributed by atoms with van der Waals surface area (Å²) in [6, 6.07) is 13.6. The highest BCUT2D eigenvalue weighted by atomic mass is 32.2. The van der Waals surface area contributed by atoms with Crippen LogP contribution >= 0.6 is 0 Å². The molecule has 1 saturated carbocycles. The van der Waals surface area contributed by atoms with Crippen LogP contribution in [0.4, 0.5) is 5.69 Å². The predicted molar refractivity (Wildman–Crippen MR) is 126 cm³/mol. The smallest absolute Gasteiger partial charge is 0.261 e. The largest absolute Gasteiger partial charge is 0.487 e. The maximum Gasteiger partial charge on any atom is 0.261 e. The Kier molecular flexibility index (Phi) is 6.50.